The minimum Gasteiger partial charge on any atom is -0.292 e. The summed E-state index contributed by atoms with van der Waals surface area (Å²) in [5.74, 6) is 0. The van der Waals surface area contributed by atoms with Crippen LogP contribution in [-0.4, -0.2) is 9.38 Å². The van der Waals surface area contributed by atoms with E-state index >= 15 is 0 Å². The third kappa shape index (κ3) is 2.66. The van der Waals surface area contributed by atoms with Crippen LogP contribution >= 0.6 is 11.3 Å². The minimum absolute atomic E-state index is 0.251. The Kier molecular flexibility index (Phi) is 3.83. The summed E-state index contributed by atoms with van der Waals surface area (Å²) >= 11 is 1.94. The summed E-state index contributed by atoms with van der Waals surface area (Å²) in [7, 11) is 0. The van der Waals surface area contributed by atoms with Gasteiger partial charge in [-0.05, 0) is 54.5 Å². The molecule has 0 aliphatic carbocycles. The van der Waals surface area contributed by atoms with Crippen LogP contribution in [0.2, 0.25) is 0 Å². The topological polar surface area (TPSA) is 17.3 Å². The maximum Gasteiger partial charge on any atom is 0.145 e. The van der Waals surface area contributed by atoms with Crippen LogP contribution in [0.4, 0.5) is 0 Å². The van der Waals surface area contributed by atoms with Crippen molar-refractivity contribution in [3.8, 4) is 11.3 Å². The lowest BCUT2D eigenvalue weighted by atomic mass is 9.87. The number of aromatic nitrogens is 2. The molecule has 2 nitrogen and oxygen atoms in total. The highest BCUT2D eigenvalue weighted by Crippen LogP contribution is 2.45. The standard InChI is InChI=1S/C28H26N2S/c1-16-8-6-9-17(2)23(16)21-15-29-27-19-10-7-11-22-24(19)25-20(30(21)27)13-12-18(26(25)31-22)14-28(3,4)5/h6-13,15H,14H2,1-5H3. The predicted molar refractivity (Wildman–Crippen MR) is 135 cm³/mol. The van der Waals surface area contributed by atoms with E-state index in [2.05, 4.69) is 93.7 Å². The maximum absolute atomic E-state index is 4.96. The summed E-state index contributed by atoms with van der Waals surface area (Å²) in [4.78, 5) is 4.96. The molecule has 3 aromatic carbocycles. The van der Waals surface area contributed by atoms with Gasteiger partial charge in [-0.25, -0.2) is 4.98 Å². The number of rotatable bonds is 2. The van der Waals surface area contributed by atoms with Gasteiger partial charge in [-0.15, -0.1) is 11.3 Å². The first-order valence-corrected chi connectivity index (χ1v) is 11.8. The molecule has 0 saturated carbocycles. The molecule has 0 unspecified atom stereocenters. The van der Waals surface area contributed by atoms with Crippen molar-refractivity contribution in [2.75, 3.05) is 0 Å². The second-order valence-corrected chi connectivity index (χ2v) is 11.1. The van der Waals surface area contributed by atoms with Crippen molar-refractivity contribution >= 4 is 48.1 Å². The van der Waals surface area contributed by atoms with Crippen LogP contribution in [0.5, 0.6) is 0 Å². The van der Waals surface area contributed by atoms with E-state index in [4.69, 9.17) is 4.98 Å². The number of benzene rings is 3. The summed E-state index contributed by atoms with van der Waals surface area (Å²) in [6.07, 6.45) is 3.14. The SMILES string of the molecule is Cc1cccc(C)c1-c1cnc2c3cccc4sc5c(CC(C)(C)C)ccc(c5c43)n12. The van der Waals surface area contributed by atoms with Crippen LogP contribution < -0.4 is 0 Å². The number of nitrogens with zero attached hydrogens (tertiary/aromatic N) is 2. The third-order valence-electron chi connectivity index (χ3n) is 6.41. The zero-order chi connectivity index (χ0) is 21.5. The van der Waals surface area contributed by atoms with Crippen molar-refractivity contribution in [1.29, 1.82) is 0 Å². The van der Waals surface area contributed by atoms with Gasteiger partial charge in [0.1, 0.15) is 5.65 Å². The number of hydrogen-bond acceptors (Lipinski definition) is 2. The molecule has 0 saturated heterocycles. The molecule has 0 fully saturated rings. The summed E-state index contributed by atoms with van der Waals surface area (Å²) in [5.41, 5.74) is 9.08. The minimum atomic E-state index is 0.251. The van der Waals surface area contributed by atoms with E-state index in [-0.39, 0.29) is 5.41 Å². The fourth-order valence-corrected chi connectivity index (χ4v) is 6.48. The Hall–Kier alpha value is -2.91. The Morgan fingerprint density at radius 1 is 0.903 bits per heavy atom. The molecule has 0 atom stereocenters. The van der Waals surface area contributed by atoms with E-state index in [0.29, 0.717) is 0 Å². The largest absolute Gasteiger partial charge is 0.292 e. The Bertz CT molecular complexity index is 1590. The molecule has 3 heteroatoms. The van der Waals surface area contributed by atoms with Gasteiger partial charge in [0, 0.05) is 31.1 Å². The van der Waals surface area contributed by atoms with Crippen molar-refractivity contribution in [3.63, 3.8) is 0 Å². The van der Waals surface area contributed by atoms with Crippen molar-refractivity contribution in [2.24, 2.45) is 5.41 Å². The first-order chi connectivity index (χ1) is 14.8. The smallest absolute Gasteiger partial charge is 0.145 e. The quantitative estimate of drug-likeness (QED) is 0.257. The van der Waals surface area contributed by atoms with Gasteiger partial charge in [0.15, 0.2) is 0 Å². The molecule has 0 spiro atoms. The molecule has 6 aromatic rings. The summed E-state index contributed by atoms with van der Waals surface area (Å²) in [6.45, 7) is 11.4. The molecule has 0 amide bonds. The molecular formula is C28H26N2S. The van der Waals surface area contributed by atoms with E-state index in [0.717, 1.165) is 12.1 Å². The molecule has 0 N–H and O–H groups in total. The van der Waals surface area contributed by atoms with Gasteiger partial charge in [-0.2, -0.15) is 0 Å². The average molecular weight is 423 g/mol. The Morgan fingerprint density at radius 2 is 1.65 bits per heavy atom. The average Bonchev–Trinajstić information content (AvgIpc) is 3.30. The number of fused-ring (bicyclic) bond motifs is 3. The molecule has 0 aliphatic heterocycles. The van der Waals surface area contributed by atoms with Gasteiger partial charge >= 0.3 is 0 Å². The van der Waals surface area contributed by atoms with E-state index < -0.39 is 0 Å². The molecule has 0 radical (unpaired) electrons. The number of pyridine rings is 1. The van der Waals surface area contributed by atoms with Gasteiger partial charge in [-0.3, -0.25) is 4.40 Å². The maximum atomic E-state index is 4.96. The summed E-state index contributed by atoms with van der Waals surface area (Å²) < 4.78 is 5.19. The van der Waals surface area contributed by atoms with E-state index in [9.17, 15) is 0 Å². The van der Waals surface area contributed by atoms with Crippen LogP contribution in [0.1, 0.15) is 37.5 Å². The lowest BCUT2D eigenvalue weighted by Gasteiger charge is -2.19. The number of aryl methyl sites for hydroxylation is 2. The zero-order valence-corrected chi connectivity index (χ0v) is 19.5. The van der Waals surface area contributed by atoms with Crippen LogP contribution in [0.3, 0.4) is 0 Å². The van der Waals surface area contributed by atoms with Gasteiger partial charge in [0.2, 0.25) is 0 Å². The molecule has 6 rings (SSSR count). The Balaban J connectivity index is 1.82. The van der Waals surface area contributed by atoms with Crippen molar-refractivity contribution in [3.05, 3.63) is 71.4 Å². The lowest BCUT2D eigenvalue weighted by Crippen LogP contribution is -2.09. The second-order valence-electron chi connectivity index (χ2n) is 10.0. The number of thiophene rings is 1. The van der Waals surface area contributed by atoms with Crippen LogP contribution in [0.25, 0.3) is 48.0 Å². The summed E-state index contributed by atoms with van der Waals surface area (Å²) in [6, 6.07) is 17.9. The zero-order valence-electron chi connectivity index (χ0n) is 18.7. The molecule has 3 heterocycles. The molecule has 0 aliphatic rings. The van der Waals surface area contributed by atoms with Gasteiger partial charge < -0.3 is 0 Å². The van der Waals surface area contributed by atoms with Gasteiger partial charge in [-0.1, -0.05) is 57.2 Å². The molecular weight excluding hydrogens is 396 g/mol. The van der Waals surface area contributed by atoms with Crippen LogP contribution in [-0.2, 0) is 6.42 Å². The second kappa shape index (κ2) is 6.30. The van der Waals surface area contributed by atoms with Gasteiger partial charge in [0.05, 0.1) is 17.4 Å². The first-order valence-electron chi connectivity index (χ1n) is 11.0. The highest BCUT2D eigenvalue weighted by molar-refractivity contribution is 7.26. The van der Waals surface area contributed by atoms with Crippen molar-refractivity contribution < 1.29 is 0 Å². The molecule has 31 heavy (non-hydrogen) atoms. The molecule has 3 aromatic heterocycles. The Labute approximate surface area is 186 Å². The monoisotopic (exact) mass is 422 g/mol. The lowest BCUT2D eigenvalue weighted by molar-refractivity contribution is 0.413. The van der Waals surface area contributed by atoms with Crippen LogP contribution in [0.15, 0.2) is 54.7 Å². The van der Waals surface area contributed by atoms with E-state index in [1.165, 1.54) is 59.0 Å². The van der Waals surface area contributed by atoms with E-state index in [1.807, 2.05) is 11.3 Å². The first kappa shape index (κ1) is 18.8. The Morgan fingerprint density at radius 3 is 2.39 bits per heavy atom. The number of imidazole rings is 1. The van der Waals surface area contributed by atoms with E-state index in [1.54, 1.807) is 0 Å². The van der Waals surface area contributed by atoms with Crippen molar-refractivity contribution in [2.45, 2.75) is 41.0 Å². The predicted octanol–water partition coefficient (Wildman–Crippen LogP) is 8.17. The fraction of sp³-hybridized carbons (Fsp3) is 0.250. The molecule has 0 bridgehead atoms. The summed E-state index contributed by atoms with van der Waals surface area (Å²) in [5, 5.41) is 4.02. The van der Waals surface area contributed by atoms with Gasteiger partial charge in [0.25, 0.3) is 0 Å². The number of hydrogen-bond donors (Lipinski definition) is 0. The van der Waals surface area contributed by atoms with Crippen LogP contribution in [0, 0.1) is 19.3 Å². The molecule has 154 valence electrons. The van der Waals surface area contributed by atoms with Crippen molar-refractivity contribution in [1.82, 2.24) is 9.38 Å². The normalized spacial score (nSPS) is 12.8. The fourth-order valence-electron chi connectivity index (χ4n) is 5.22. The third-order valence-corrected chi connectivity index (χ3v) is 7.64. The highest BCUT2D eigenvalue weighted by Gasteiger charge is 2.23. The highest BCUT2D eigenvalue weighted by atomic mass is 32.1.